The summed E-state index contributed by atoms with van der Waals surface area (Å²) < 4.78 is 11.9. The lowest BCUT2D eigenvalue weighted by Crippen LogP contribution is -2.25. The molecule has 1 heterocycles. The van der Waals surface area contributed by atoms with Crippen molar-refractivity contribution in [2.45, 2.75) is 39.3 Å². The van der Waals surface area contributed by atoms with Crippen molar-refractivity contribution in [3.05, 3.63) is 17.7 Å². The van der Waals surface area contributed by atoms with Gasteiger partial charge in [-0.2, -0.15) is 0 Å². The van der Waals surface area contributed by atoms with Crippen LogP contribution in [0.25, 0.3) is 0 Å². The van der Waals surface area contributed by atoms with Crippen LogP contribution in [-0.4, -0.2) is 35.3 Å². The van der Waals surface area contributed by atoms with Gasteiger partial charge in [0.2, 0.25) is 0 Å². The molecular weight excluding hydrogens is 220 g/mol. The van der Waals surface area contributed by atoms with Crippen LogP contribution in [0.15, 0.2) is 6.20 Å². The van der Waals surface area contributed by atoms with E-state index in [-0.39, 0.29) is 11.6 Å². The lowest BCUT2D eigenvalue weighted by Gasteiger charge is -2.23. The molecule has 0 amide bonds. The molecule has 1 rings (SSSR count). The Morgan fingerprint density at radius 3 is 2.65 bits per heavy atom. The predicted octanol–water partition coefficient (Wildman–Crippen LogP) is 1.79. The van der Waals surface area contributed by atoms with Crippen LogP contribution in [0.4, 0.5) is 0 Å². The summed E-state index contributed by atoms with van der Waals surface area (Å²) in [6.07, 6.45) is 2.34. The van der Waals surface area contributed by atoms with Gasteiger partial charge in [-0.25, -0.2) is 9.78 Å². The van der Waals surface area contributed by atoms with Crippen LogP contribution in [0.1, 0.15) is 36.6 Å². The number of methoxy groups -OCH3 is 2. The molecule has 0 aliphatic carbocycles. The van der Waals surface area contributed by atoms with Crippen LogP contribution in [0, 0.1) is 6.92 Å². The molecule has 1 aromatic heterocycles. The number of esters is 1. The largest absolute Gasteiger partial charge is 0.464 e. The molecule has 0 aliphatic heterocycles. The first-order chi connectivity index (χ1) is 7.91. The minimum absolute atomic E-state index is 0.218. The first kappa shape index (κ1) is 13.7. The Morgan fingerprint density at radius 1 is 1.47 bits per heavy atom. The minimum atomic E-state index is -0.360. The van der Waals surface area contributed by atoms with E-state index in [4.69, 9.17) is 9.47 Å². The Hall–Kier alpha value is -1.36. The second kappa shape index (κ2) is 5.31. The van der Waals surface area contributed by atoms with E-state index in [0.29, 0.717) is 12.2 Å². The molecule has 0 aliphatic rings. The number of aromatic nitrogens is 2. The summed E-state index contributed by atoms with van der Waals surface area (Å²) in [5.74, 6) is 0.443. The molecule has 0 N–H and O–H groups in total. The van der Waals surface area contributed by atoms with E-state index in [2.05, 4.69) is 4.98 Å². The normalized spacial score (nSPS) is 11.6. The van der Waals surface area contributed by atoms with Crippen LogP contribution in [-0.2, 0) is 16.0 Å². The fourth-order valence-electron chi connectivity index (χ4n) is 1.50. The van der Waals surface area contributed by atoms with Crippen molar-refractivity contribution in [3.63, 3.8) is 0 Å². The van der Waals surface area contributed by atoms with E-state index in [0.717, 1.165) is 12.2 Å². The number of nitrogens with zero attached hydrogens (tertiary/aromatic N) is 2. The third-order valence-electron chi connectivity index (χ3n) is 2.94. The van der Waals surface area contributed by atoms with Gasteiger partial charge in [-0.1, -0.05) is 0 Å². The van der Waals surface area contributed by atoms with E-state index < -0.39 is 0 Å². The number of rotatable bonds is 5. The third-order valence-corrected chi connectivity index (χ3v) is 2.94. The van der Waals surface area contributed by atoms with Gasteiger partial charge in [-0.05, 0) is 27.2 Å². The van der Waals surface area contributed by atoms with Crippen LogP contribution in [0.5, 0.6) is 0 Å². The summed E-state index contributed by atoms with van der Waals surface area (Å²) in [5, 5.41) is 0. The van der Waals surface area contributed by atoms with Gasteiger partial charge >= 0.3 is 5.97 Å². The number of carbonyl (C=O) groups excluding carboxylic acids is 1. The molecule has 17 heavy (non-hydrogen) atoms. The zero-order chi connectivity index (χ0) is 13.1. The highest BCUT2D eigenvalue weighted by molar-refractivity contribution is 5.87. The van der Waals surface area contributed by atoms with Crippen molar-refractivity contribution in [1.29, 1.82) is 0 Å². The molecule has 0 bridgehead atoms. The van der Waals surface area contributed by atoms with Crippen molar-refractivity contribution in [2.24, 2.45) is 0 Å². The molecule has 96 valence electrons. The van der Waals surface area contributed by atoms with Gasteiger partial charge in [0.25, 0.3) is 0 Å². The molecule has 0 unspecified atom stereocenters. The molecule has 0 atom stereocenters. The smallest absolute Gasteiger partial charge is 0.356 e. The van der Waals surface area contributed by atoms with Crippen LogP contribution < -0.4 is 0 Å². The van der Waals surface area contributed by atoms with Crippen LogP contribution in [0.3, 0.4) is 0 Å². The molecule has 0 fully saturated rings. The van der Waals surface area contributed by atoms with Gasteiger partial charge in [-0.15, -0.1) is 0 Å². The van der Waals surface area contributed by atoms with E-state index in [1.807, 2.05) is 25.3 Å². The van der Waals surface area contributed by atoms with Crippen molar-refractivity contribution in [1.82, 2.24) is 9.55 Å². The van der Waals surface area contributed by atoms with E-state index in [1.165, 1.54) is 7.11 Å². The molecule has 0 spiro atoms. The van der Waals surface area contributed by atoms with E-state index in [1.54, 1.807) is 13.3 Å². The Labute approximate surface area is 102 Å². The maximum absolute atomic E-state index is 11.5. The minimum Gasteiger partial charge on any atom is -0.464 e. The Kier molecular flexibility index (Phi) is 4.28. The Balaban J connectivity index is 2.83. The lowest BCUT2D eigenvalue weighted by atomic mass is 10.1. The maximum Gasteiger partial charge on any atom is 0.356 e. The second-order valence-corrected chi connectivity index (χ2v) is 4.55. The zero-order valence-corrected chi connectivity index (χ0v) is 11.1. The predicted molar refractivity (Wildman–Crippen MR) is 64.0 cm³/mol. The molecular formula is C12H20N2O3. The summed E-state index contributed by atoms with van der Waals surface area (Å²) in [7, 11) is 3.05. The number of carbonyl (C=O) groups is 1. The van der Waals surface area contributed by atoms with Crippen molar-refractivity contribution < 1.29 is 14.3 Å². The van der Waals surface area contributed by atoms with Gasteiger partial charge in [-0.3, -0.25) is 0 Å². The standard InChI is InChI=1S/C12H20N2O3/c1-9-13-8-10(11(15)16-4)14(9)7-6-12(2,3)17-5/h8H,6-7H2,1-5H3. The molecule has 0 saturated carbocycles. The summed E-state index contributed by atoms with van der Waals surface area (Å²) >= 11 is 0. The fourth-order valence-corrected chi connectivity index (χ4v) is 1.50. The van der Waals surface area contributed by atoms with Gasteiger partial charge in [0.15, 0.2) is 0 Å². The number of ether oxygens (including phenoxy) is 2. The first-order valence-electron chi connectivity index (χ1n) is 5.57. The molecule has 0 saturated heterocycles. The molecule has 0 radical (unpaired) electrons. The molecule has 1 aromatic rings. The van der Waals surface area contributed by atoms with Crippen molar-refractivity contribution in [3.8, 4) is 0 Å². The SMILES string of the molecule is COC(=O)c1cnc(C)n1CCC(C)(C)OC. The summed E-state index contributed by atoms with van der Waals surface area (Å²) in [4.78, 5) is 15.7. The number of hydrogen-bond acceptors (Lipinski definition) is 4. The van der Waals surface area contributed by atoms with Crippen molar-refractivity contribution >= 4 is 5.97 Å². The average molecular weight is 240 g/mol. The Morgan fingerprint density at radius 2 is 2.12 bits per heavy atom. The lowest BCUT2D eigenvalue weighted by molar-refractivity contribution is 0.0115. The summed E-state index contributed by atoms with van der Waals surface area (Å²) in [6, 6.07) is 0. The highest BCUT2D eigenvalue weighted by Gasteiger charge is 2.20. The zero-order valence-electron chi connectivity index (χ0n) is 11.1. The molecule has 5 heteroatoms. The third kappa shape index (κ3) is 3.30. The maximum atomic E-state index is 11.5. The topological polar surface area (TPSA) is 53.3 Å². The van der Waals surface area contributed by atoms with Crippen LogP contribution in [0.2, 0.25) is 0 Å². The number of imidazole rings is 1. The molecule has 5 nitrogen and oxygen atoms in total. The highest BCUT2D eigenvalue weighted by Crippen LogP contribution is 2.16. The quantitative estimate of drug-likeness (QED) is 0.736. The Bertz CT molecular complexity index is 396. The fraction of sp³-hybridized carbons (Fsp3) is 0.667. The van der Waals surface area contributed by atoms with Gasteiger partial charge in [0, 0.05) is 13.7 Å². The molecule has 0 aromatic carbocycles. The van der Waals surface area contributed by atoms with Crippen molar-refractivity contribution in [2.75, 3.05) is 14.2 Å². The van der Waals surface area contributed by atoms with Gasteiger partial charge < -0.3 is 14.0 Å². The van der Waals surface area contributed by atoms with Gasteiger partial charge in [0.1, 0.15) is 11.5 Å². The highest BCUT2D eigenvalue weighted by atomic mass is 16.5. The van der Waals surface area contributed by atoms with E-state index >= 15 is 0 Å². The van der Waals surface area contributed by atoms with E-state index in [9.17, 15) is 4.79 Å². The van der Waals surface area contributed by atoms with Gasteiger partial charge in [0.05, 0.1) is 18.9 Å². The first-order valence-corrected chi connectivity index (χ1v) is 5.57. The van der Waals surface area contributed by atoms with Crippen LogP contribution >= 0.6 is 0 Å². The monoisotopic (exact) mass is 240 g/mol. The average Bonchev–Trinajstić information content (AvgIpc) is 2.67. The number of hydrogen-bond donors (Lipinski definition) is 0. The summed E-state index contributed by atoms with van der Waals surface area (Å²) in [5.41, 5.74) is 0.265. The number of aryl methyl sites for hydroxylation is 1. The second-order valence-electron chi connectivity index (χ2n) is 4.55. The summed E-state index contributed by atoms with van der Waals surface area (Å²) in [6.45, 7) is 6.57.